The molecule has 0 spiro atoms. The smallest absolute Gasteiger partial charge is 0.177 e. The summed E-state index contributed by atoms with van der Waals surface area (Å²) in [5.74, 6) is 24.4. The molecule has 0 saturated heterocycles. The van der Waals surface area contributed by atoms with Gasteiger partial charge in [0.25, 0.3) is 0 Å². The maximum absolute atomic E-state index is 11.6. The molecule has 0 aliphatic carbocycles. The minimum Gasteiger partial charge on any atom is -0.452 e. The number of thioether (sulfide) groups is 1. The molecule has 3 aliphatic rings. The summed E-state index contributed by atoms with van der Waals surface area (Å²) in [6.45, 7) is 92.1. The Labute approximate surface area is 901 Å². The molecule has 0 radical (unpaired) electrons. The Balaban J connectivity index is 0.000000538. The Hall–Kier alpha value is -11.0. The first-order valence-electron chi connectivity index (χ1n) is 49.5. The first-order valence-corrected chi connectivity index (χ1v) is 55.4. The number of aryl methyl sites for hydroxylation is 4. The number of fused-ring (bicyclic) bond motifs is 1. The Morgan fingerprint density at radius 2 is 0.891 bits per heavy atom. The SMILES string of the molecule is C#Cc1c[nH]c(C(C)(C)C)c1.C#Cc1ccc(C(C)(C)C)o1.C#Cc1cnc(C(C)(C)C)[nH]1.C=S(C)(=O)C1=NC(C(C)(C)C)=CC1.C=S(C)C1=NC(C(C)(C)C)=CC1.CC(=O)c1cnc(C(C)(C)C)[nH]1.CC(C)(C)c1nc2ccccc2[nH]1.CC(C)(C)c1ncc(Cl)[nH]1.CSC1=NC(C(C)(C)C)=CC1.Cc1[nH]c(C(C)(C)C)nc1C#N.Cc1[nH]c(C(C)(C)C)nc1Cl.Cc1cnc(C(C)(C)C)[nH]1.Cc1cnc(C(C)(C)C)[nH]1. The Morgan fingerprint density at radius 3 is 1.15 bits per heavy atom. The number of aliphatic imine (C=N–C) groups is 3. The number of imidazole rings is 8. The quantitative estimate of drug-likeness (QED) is 0.0420. The van der Waals surface area contributed by atoms with Crippen LogP contribution < -0.4 is 0 Å². The van der Waals surface area contributed by atoms with Crippen molar-refractivity contribution < 1.29 is 13.4 Å². The van der Waals surface area contributed by atoms with Gasteiger partial charge < -0.3 is 49.3 Å². The molecule has 11 aromatic rings. The van der Waals surface area contributed by atoms with E-state index in [0.29, 0.717) is 33.9 Å². The number of Topliss-reactive ketones (excluding diaryl/α,β-unsaturated/α-hetero) is 1. The zero-order valence-corrected chi connectivity index (χ0v) is 102. The Bertz CT molecular complexity index is 6250. The number of nitrogens with one attached hydrogen (secondary N) is 9. The van der Waals surface area contributed by atoms with Gasteiger partial charge in [-0.2, -0.15) is 15.7 Å². The number of benzene rings is 1. The number of allylic oxidation sites excluding steroid dienone is 6. The van der Waals surface area contributed by atoms with Gasteiger partial charge in [0.1, 0.15) is 80.1 Å². The zero-order chi connectivity index (χ0) is 114. The lowest BCUT2D eigenvalue weighted by Gasteiger charge is -2.16. The standard InChI is InChI=1S/C11H14N2.C10H17NOS.C10H17NS.C10H13N.C10H12O.C9H13N3.C9H14N2O.C9H12N2.C9H15NS.C8H13ClN2.2C8H14N2.C7H11ClN2/c1-11(2,3)10-12-8-6-4-5-7-9(8)13-10;1-10(2,3)8-6-7-9(11-8)13(4,5)12;1-10(2,3)8-6-7-9(11-8)12(4)5;1-5-8-6-9(11-7-8)10(2,3)4;1-5-8-6-7-9(11-8)10(2,3)4;1-6-7(5-10)12-8(11-6)9(2,3)4;1-6(12)7-5-10-8(11-7)9(2,3)4;1-5-7-6-10-8(11-7)9(2,3)4;1-9(2,3)7-5-6-8(10-7)11-4;1-5-6(9)11-7(10-5)8(2,3)4;2*1-6-5-9-7(10-6)8(2,3)4;1-7(2,3)6-9-4-5(8)10-6/h4-7H,1-3H3,(H,12,13);6H,4,7H2,1-3,5H3;6H,4,7H2,1-3,5H3;1,6-7,11H,2-4H3;1,6-7H,2-4H3;1-4H3,(H,11,12);5H,1-4H3,(H,10,11);1,6H,2-4H3,(H,10,11);5H,6H2,1-4H3;1-4H3,(H,10,11);2*5H,1-4H3,(H,9,10);4H,1-3H3,(H,9,10). The molecule has 1 aromatic carbocycles. The van der Waals surface area contributed by atoms with E-state index in [1.165, 1.54) is 34.1 Å². The van der Waals surface area contributed by atoms with E-state index in [0.717, 1.165) is 121 Å². The van der Waals surface area contributed by atoms with Gasteiger partial charge in [0.15, 0.2) is 17.2 Å². The average Bonchev–Trinajstić information content (AvgIpc) is 1.66. The fraction of sp³-hybridized carbons (Fsp3) is 0.534. The second-order valence-corrected chi connectivity index (χ2v) is 55.8. The van der Waals surface area contributed by atoms with Crippen molar-refractivity contribution in [2.24, 2.45) is 31.2 Å². The molecule has 10 aromatic heterocycles. The number of carbonyl (C=O) groups excluding carboxylic acids is 1. The first-order chi connectivity index (χ1) is 66.6. The van der Waals surface area contributed by atoms with Crippen molar-refractivity contribution in [1.29, 1.82) is 5.26 Å². The number of halogens is 2. The molecule has 2 unspecified atom stereocenters. The zero-order valence-electron chi connectivity index (χ0n) is 98.1. The lowest BCUT2D eigenvalue weighted by atomic mass is 9.92. The van der Waals surface area contributed by atoms with Crippen LogP contribution in [0.5, 0.6) is 0 Å². The van der Waals surface area contributed by atoms with Crippen LogP contribution in [0.25, 0.3) is 11.0 Å². The summed E-state index contributed by atoms with van der Waals surface area (Å²) in [6, 6.07) is 15.9. The summed E-state index contributed by atoms with van der Waals surface area (Å²) in [6.07, 6.45) is 41.2. The number of H-pyrrole nitrogens is 9. The number of furan rings is 1. The number of para-hydroxylation sites is 2. The van der Waals surface area contributed by atoms with Gasteiger partial charge in [0.2, 0.25) is 0 Å². The van der Waals surface area contributed by atoms with Gasteiger partial charge in [-0.3, -0.25) is 19.0 Å². The highest BCUT2D eigenvalue weighted by Crippen LogP contribution is 2.37. The fourth-order valence-electron chi connectivity index (χ4n) is 12.0. The summed E-state index contributed by atoms with van der Waals surface area (Å²) >= 11 is 13.2. The highest BCUT2D eigenvalue weighted by Gasteiger charge is 2.29. The number of carbonyl (C=O) groups is 1. The number of aromatic amines is 9. The van der Waals surface area contributed by atoms with Crippen LogP contribution in [0.15, 0.2) is 134 Å². The Kier molecular flexibility index (Phi) is 48.9. The molecule has 29 heteroatoms. The minimum atomic E-state index is -2.10. The van der Waals surface area contributed by atoms with Crippen LogP contribution in [-0.4, -0.2) is 140 Å². The summed E-state index contributed by atoms with van der Waals surface area (Å²) in [5.41, 5.74) is 14.8. The predicted molar refractivity (Wildman–Crippen MR) is 634 cm³/mol. The topological polar surface area (TPSA) is 353 Å². The summed E-state index contributed by atoms with van der Waals surface area (Å²) in [7, 11) is -2.00. The van der Waals surface area contributed by atoms with Gasteiger partial charge >= 0.3 is 0 Å². The molecule has 806 valence electrons. The molecule has 0 bridgehead atoms. The van der Waals surface area contributed by atoms with Crippen LogP contribution in [-0.2, 0) is 63.7 Å². The highest BCUT2D eigenvalue weighted by molar-refractivity contribution is 8.26. The van der Waals surface area contributed by atoms with Crippen LogP contribution in [0.2, 0.25) is 10.3 Å². The second kappa shape index (κ2) is 54.4. The van der Waals surface area contributed by atoms with Crippen molar-refractivity contribution >= 4 is 98.7 Å². The average molecular weight is 2110 g/mol. The number of aromatic nitrogens is 17. The molecule has 0 amide bonds. The van der Waals surface area contributed by atoms with E-state index in [1.54, 1.807) is 36.6 Å². The third kappa shape index (κ3) is 47.6. The van der Waals surface area contributed by atoms with E-state index in [1.807, 2.05) is 94.8 Å². The molecule has 0 fully saturated rings. The predicted octanol–water partition coefficient (Wildman–Crippen LogP) is 30.5. The van der Waals surface area contributed by atoms with Crippen molar-refractivity contribution in [3.05, 3.63) is 235 Å². The number of ketones is 1. The van der Waals surface area contributed by atoms with E-state index >= 15 is 0 Å². The number of nitriles is 1. The lowest BCUT2D eigenvalue weighted by molar-refractivity contribution is 0.101. The molecule has 3 aliphatic heterocycles. The van der Waals surface area contributed by atoms with Crippen molar-refractivity contribution in [2.75, 3.05) is 18.8 Å². The molecular formula is C118H179Cl2N21O3S3. The first kappa shape index (κ1) is 132. The van der Waals surface area contributed by atoms with Gasteiger partial charge in [-0.25, -0.2) is 44.9 Å². The van der Waals surface area contributed by atoms with E-state index < -0.39 is 9.52 Å². The maximum atomic E-state index is 11.6. The summed E-state index contributed by atoms with van der Waals surface area (Å²) in [4.78, 5) is 86.3. The van der Waals surface area contributed by atoms with Gasteiger partial charge in [0, 0.05) is 176 Å². The van der Waals surface area contributed by atoms with Gasteiger partial charge in [-0.05, 0) is 82.3 Å². The van der Waals surface area contributed by atoms with Crippen LogP contribution in [0.1, 0.15) is 410 Å². The van der Waals surface area contributed by atoms with Gasteiger partial charge in [-0.15, -0.1) is 31.0 Å². The van der Waals surface area contributed by atoms with E-state index in [-0.39, 0.29) is 86.7 Å². The monoisotopic (exact) mass is 2100 g/mol. The molecule has 147 heavy (non-hydrogen) atoms. The molecule has 9 N–H and O–H groups in total. The number of hydrogen-bond donors (Lipinski definition) is 9. The van der Waals surface area contributed by atoms with E-state index in [2.05, 4.69) is 430 Å². The van der Waals surface area contributed by atoms with Crippen LogP contribution in [0.4, 0.5) is 0 Å². The molecule has 13 heterocycles. The molecule has 14 rings (SSSR count). The number of terminal acetylenes is 3. The fourth-order valence-corrected chi connectivity index (χ4v) is 14.0. The van der Waals surface area contributed by atoms with Crippen molar-refractivity contribution in [1.82, 2.24) is 84.7 Å². The lowest BCUT2D eigenvalue weighted by Crippen LogP contribution is -2.13. The summed E-state index contributed by atoms with van der Waals surface area (Å²) < 4.78 is 16.9. The second-order valence-electron chi connectivity index (χ2n) is 49.9. The van der Waals surface area contributed by atoms with Crippen molar-refractivity contribution in [2.45, 2.75) is 378 Å². The molecule has 24 nitrogen and oxygen atoms in total. The normalized spacial score (nSPS) is 13.8. The van der Waals surface area contributed by atoms with E-state index in [4.69, 9.17) is 52.2 Å². The third-order valence-electron chi connectivity index (χ3n) is 21.3. The van der Waals surface area contributed by atoms with Crippen molar-refractivity contribution in [3.8, 4) is 43.1 Å². The number of rotatable bonds is 1. The van der Waals surface area contributed by atoms with Gasteiger partial charge in [-0.1, -0.05) is 341 Å². The largest absolute Gasteiger partial charge is 0.452 e. The number of hydrogen-bond acceptors (Lipinski definition) is 16. The van der Waals surface area contributed by atoms with Crippen LogP contribution in [0, 0.1) is 92.3 Å². The highest BCUT2D eigenvalue weighted by atomic mass is 35.5. The Morgan fingerprint density at radius 1 is 0.469 bits per heavy atom. The summed E-state index contributed by atoms with van der Waals surface area (Å²) in [5, 5.41) is 13.1. The maximum Gasteiger partial charge on any atom is 0.177 e. The molecule has 2 atom stereocenters. The van der Waals surface area contributed by atoms with Gasteiger partial charge in [0.05, 0.1) is 50.4 Å². The third-order valence-corrected chi connectivity index (χ3v) is 24.9. The van der Waals surface area contributed by atoms with Crippen molar-refractivity contribution in [3.63, 3.8) is 0 Å². The molecular weight excluding hydrogens is 1930 g/mol. The van der Waals surface area contributed by atoms with E-state index in [9.17, 15) is 9.00 Å². The molecule has 0 saturated carbocycles. The van der Waals surface area contributed by atoms with Crippen LogP contribution >= 0.6 is 45.4 Å². The minimum absolute atomic E-state index is 0.0140. The number of nitrogens with zero attached hydrogens (tertiary/aromatic N) is 12. The van der Waals surface area contributed by atoms with Crippen LogP contribution in [0.3, 0.4) is 0 Å².